The van der Waals surface area contributed by atoms with E-state index in [1.807, 2.05) is 0 Å². The maximum atomic E-state index is 13.7. The van der Waals surface area contributed by atoms with Gasteiger partial charge >= 0.3 is 0 Å². The van der Waals surface area contributed by atoms with Crippen LogP contribution < -0.4 is 10.1 Å². The lowest BCUT2D eigenvalue weighted by atomic mass is 9.98. The first-order valence-corrected chi connectivity index (χ1v) is 10.4. The Morgan fingerprint density at radius 3 is 3.00 bits per heavy atom. The molecule has 2 heterocycles. The fourth-order valence-electron chi connectivity index (χ4n) is 3.36. The van der Waals surface area contributed by atoms with Crippen LogP contribution in [0.2, 0.25) is 0 Å². The Morgan fingerprint density at radius 1 is 1.42 bits per heavy atom. The molecule has 26 heavy (non-hydrogen) atoms. The quantitative estimate of drug-likeness (QED) is 0.817. The van der Waals surface area contributed by atoms with Crippen LogP contribution >= 0.6 is 0 Å². The molecule has 2 aliphatic heterocycles. The molecule has 2 aliphatic rings. The van der Waals surface area contributed by atoms with Gasteiger partial charge in [-0.1, -0.05) is 0 Å². The first-order chi connectivity index (χ1) is 12.3. The molecule has 1 aromatic carbocycles. The van der Waals surface area contributed by atoms with E-state index in [4.69, 9.17) is 9.47 Å². The Kier molecular flexibility index (Phi) is 5.79. The molecule has 1 atom stereocenters. The molecule has 1 N–H and O–H groups in total. The molecule has 0 spiro atoms. The molecule has 1 amide bonds. The fourth-order valence-corrected chi connectivity index (χ4v) is 4.28. The van der Waals surface area contributed by atoms with E-state index in [1.165, 1.54) is 16.4 Å². The highest BCUT2D eigenvalue weighted by atomic mass is 32.2. The van der Waals surface area contributed by atoms with Crippen LogP contribution in [0.4, 0.5) is 4.39 Å². The SMILES string of the molecule is CS(=O)(=O)N1CCCC(C(=O)NCCc2cc(F)cc3c2OCOC3)C1. The van der Waals surface area contributed by atoms with Crippen molar-refractivity contribution >= 4 is 15.9 Å². The number of hydrogen-bond acceptors (Lipinski definition) is 5. The summed E-state index contributed by atoms with van der Waals surface area (Å²) in [6.07, 6.45) is 2.91. The minimum atomic E-state index is -3.29. The second kappa shape index (κ2) is 7.89. The highest BCUT2D eigenvalue weighted by Gasteiger charge is 2.30. The Bertz CT molecular complexity index is 784. The van der Waals surface area contributed by atoms with Gasteiger partial charge in [0.25, 0.3) is 0 Å². The van der Waals surface area contributed by atoms with E-state index in [9.17, 15) is 17.6 Å². The number of rotatable bonds is 5. The van der Waals surface area contributed by atoms with Crippen LogP contribution in [-0.4, -0.2) is 51.3 Å². The van der Waals surface area contributed by atoms with E-state index >= 15 is 0 Å². The van der Waals surface area contributed by atoms with Gasteiger partial charge in [0.1, 0.15) is 11.6 Å². The zero-order valence-electron chi connectivity index (χ0n) is 14.7. The summed E-state index contributed by atoms with van der Waals surface area (Å²) in [6.45, 7) is 1.42. The van der Waals surface area contributed by atoms with Gasteiger partial charge in [0, 0.05) is 25.2 Å². The number of piperidine rings is 1. The lowest BCUT2D eigenvalue weighted by Gasteiger charge is -2.30. The average Bonchev–Trinajstić information content (AvgIpc) is 2.61. The first kappa shape index (κ1) is 19.1. The zero-order chi connectivity index (χ0) is 18.7. The molecule has 1 aromatic rings. The first-order valence-electron chi connectivity index (χ1n) is 8.59. The number of carbonyl (C=O) groups excluding carboxylic acids is 1. The van der Waals surface area contributed by atoms with Crippen LogP contribution in [0.25, 0.3) is 0 Å². The summed E-state index contributed by atoms with van der Waals surface area (Å²) in [6, 6.07) is 2.79. The van der Waals surface area contributed by atoms with Crippen molar-refractivity contribution in [3.8, 4) is 5.75 Å². The van der Waals surface area contributed by atoms with Gasteiger partial charge in [-0.2, -0.15) is 0 Å². The summed E-state index contributed by atoms with van der Waals surface area (Å²) in [5.41, 5.74) is 1.35. The second-order valence-electron chi connectivity index (χ2n) is 6.66. The van der Waals surface area contributed by atoms with Gasteiger partial charge in [-0.05, 0) is 37.0 Å². The third kappa shape index (κ3) is 4.52. The fraction of sp³-hybridized carbons (Fsp3) is 0.588. The van der Waals surface area contributed by atoms with Gasteiger partial charge in [-0.25, -0.2) is 17.1 Å². The minimum Gasteiger partial charge on any atom is -0.467 e. The summed E-state index contributed by atoms with van der Waals surface area (Å²) in [5.74, 6) is -0.277. The number of halogens is 1. The molecule has 0 saturated carbocycles. The van der Waals surface area contributed by atoms with Crippen molar-refractivity contribution in [1.82, 2.24) is 9.62 Å². The van der Waals surface area contributed by atoms with Gasteiger partial charge in [-0.15, -0.1) is 0 Å². The standard InChI is InChI=1S/C17H23FN2O5S/c1-26(22,23)20-6-2-3-13(9-20)17(21)19-5-4-12-7-15(18)8-14-10-24-11-25-16(12)14/h7-8,13H,2-6,9-11H2,1H3,(H,19,21). The van der Waals surface area contributed by atoms with Crippen LogP contribution in [0.5, 0.6) is 5.75 Å². The van der Waals surface area contributed by atoms with Crippen LogP contribution in [-0.2, 0) is 32.6 Å². The molecule has 1 unspecified atom stereocenters. The topological polar surface area (TPSA) is 84.9 Å². The number of amides is 1. The highest BCUT2D eigenvalue weighted by molar-refractivity contribution is 7.88. The number of hydrogen-bond donors (Lipinski definition) is 1. The molecular formula is C17H23FN2O5S. The number of benzene rings is 1. The highest BCUT2D eigenvalue weighted by Crippen LogP contribution is 2.29. The lowest BCUT2D eigenvalue weighted by Crippen LogP contribution is -2.45. The van der Waals surface area contributed by atoms with Gasteiger partial charge < -0.3 is 14.8 Å². The third-order valence-corrected chi connectivity index (χ3v) is 5.94. The second-order valence-corrected chi connectivity index (χ2v) is 8.65. The molecule has 3 rings (SSSR count). The van der Waals surface area contributed by atoms with Gasteiger partial charge in [0.15, 0.2) is 6.79 Å². The van der Waals surface area contributed by atoms with Crippen molar-refractivity contribution in [3.63, 3.8) is 0 Å². The van der Waals surface area contributed by atoms with E-state index < -0.39 is 10.0 Å². The number of carbonyl (C=O) groups is 1. The van der Waals surface area contributed by atoms with E-state index in [0.29, 0.717) is 55.8 Å². The van der Waals surface area contributed by atoms with Crippen LogP contribution in [0, 0.1) is 11.7 Å². The largest absolute Gasteiger partial charge is 0.467 e. The molecule has 0 aromatic heterocycles. The Hall–Kier alpha value is -1.71. The molecular weight excluding hydrogens is 363 g/mol. The van der Waals surface area contributed by atoms with E-state index in [2.05, 4.69) is 5.32 Å². The monoisotopic (exact) mass is 386 g/mol. The predicted octanol–water partition coefficient (Wildman–Crippen LogP) is 1.02. The van der Waals surface area contributed by atoms with E-state index in [-0.39, 0.29) is 31.0 Å². The zero-order valence-corrected chi connectivity index (χ0v) is 15.5. The molecule has 7 nitrogen and oxygen atoms in total. The Labute approximate surface area is 152 Å². The van der Waals surface area contributed by atoms with Crippen molar-refractivity contribution in [2.24, 2.45) is 5.92 Å². The average molecular weight is 386 g/mol. The van der Waals surface area contributed by atoms with E-state index in [0.717, 1.165) is 6.26 Å². The third-order valence-electron chi connectivity index (χ3n) is 4.67. The molecule has 0 aliphatic carbocycles. The number of nitrogens with zero attached hydrogens (tertiary/aromatic N) is 1. The Morgan fingerprint density at radius 2 is 2.23 bits per heavy atom. The maximum Gasteiger partial charge on any atom is 0.224 e. The molecule has 1 fully saturated rings. The molecule has 144 valence electrons. The summed E-state index contributed by atoms with van der Waals surface area (Å²) in [4.78, 5) is 12.4. The molecule has 1 saturated heterocycles. The smallest absolute Gasteiger partial charge is 0.224 e. The Balaban J connectivity index is 1.57. The normalized spacial score (nSPS) is 20.9. The number of nitrogens with one attached hydrogen (secondary N) is 1. The van der Waals surface area contributed by atoms with Crippen molar-refractivity contribution < 1.29 is 27.1 Å². The van der Waals surface area contributed by atoms with Crippen LogP contribution in [0.15, 0.2) is 12.1 Å². The van der Waals surface area contributed by atoms with Crippen molar-refractivity contribution in [2.45, 2.75) is 25.9 Å². The molecule has 9 heteroatoms. The van der Waals surface area contributed by atoms with Crippen LogP contribution in [0.1, 0.15) is 24.0 Å². The lowest BCUT2D eigenvalue weighted by molar-refractivity contribution is -0.126. The van der Waals surface area contributed by atoms with Crippen molar-refractivity contribution in [1.29, 1.82) is 0 Å². The summed E-state index contributed by atoms with van der Waals surface area (Å²) in [5, 5.41) is 2.83. The van der Waals surface area contributed by atoms with Crippen molar-refractivity contribution in [3.05, 3.63) is 29.1 Å². The minimum absolute atomic E-state index is 0.126. The number of sulfonamides is 1. The van der Waals surface area contributed by atoms with Gasteiger partial charge in [-0.3, -0.25) is 4.79 Å². The summed E-state index contributed by atoms with van der Waals surface area (Å²) >= 11 is 0. The summed E-state index contributed by atoms with van der Waals surface area (Å²) in [7, 11) is -3.29. The predicted molar refractivity (Wildman–Crippen MR) is 92.5 cm³/mol. The van der Waals surface area contributed by atoms with E-state index in [1.54, 1.807) is 0 Å². The van der Waals surface area contributed by atoms with Crippen LogP contribution in [0.3, 0.4) is 0 Å². The maximum absolute atomic E-state index is 13.7. The number of fused-ring (bicyclic) bond motifs is 1. The summed E-state index contributed by atoms with van der Waals surface area (Å²) < 4.78 is 49.0. The van der Waals surface area contributed by atoms with Gasteiger partial charge in [0.05, 0.1) is 18.8 Å². The molecule has 0 bridgehead atoms. The van der Waals surface area contributed by atoms with Crippen molar-refractivity contribution in [2.75, 3.05) is 32.7 Å². The molecule has 0 radical (unpaired) electrons. The van der Waals surface area contributed by atoms with Gasteiger partial charge in [0.2, 0.25) is 15.9 Å². The number of ether oxygens (including phenoxy) is 2.